The Labute approximate surface area is 115 Å². The normalized spacial score (nSPS) is 17.4. The molecule has 0 radical (unpaired) electrons. The van der Waals surface area contributed by atoms with E-state index in [0.29, 0.717) is 5.69 Å². The molecule has 0 aliphatic carbocycles. The van der Waals surface area contributed by atoms with Crippen LogP contribution in [0, 0.1) is 5.41 Å². The molecule has 1 aliphatic rings. The van der Waals surface area contributed by atoms with E-state index in [9.17, 15) is 14.4 Å². The van der Waals surface area contributed by atoms with Crippen LogP contribution in [0.4, 0.5) is 5.69 Å². The molecule has 0 atom stereocenters. The standard InChI is InChI=1S/C14H15NO5/c1-14(2)7-11(16)15(13(14)19)8-4-5-9(12(17)18)10(6-8)20-3/h4-6H,7H2,1-3H3,(H,17,18). The second kappa shape index (κ2) is 4.63. The average molecular weight is 277 g/mol. The van der Waals surface area contributed by atoms with Crippen LogP contribution in [0.1, 0.15) is 30.6 Å². The molecule has 1 fully saturated rings. The lowest BCUT2D eigenvalue weighted by molar-refractivity contribution is -0.124. The van der Waals surface area contributed by atoms with Crippen LogP contribution in [0.5, 0.6) is 5.75 Å². The number of carbonyl (C=O) groups excluding carboxylic acids is 2. The van der Waals surface area contributed by atoms with E-state index in [1.165, 1.54) is 25.3 Å². The van der Waals surface area contributed by atoms with Gasteiger partial charge in [-0.2, -0.15) is 0 Å². The molecular formula is C14H15NO5. The second-order valence-corrected chi connectivity index (χ2v) is 5.28. The lowest BCUT2D eigenvalue weighted by Gasteiger charge is -2.18. The highest BCUT2D eigenvalue weighted by molar-refractivity contribution is 6.22. The summed E-state index contributed by atoms with van der Waals surface area (Å²) in [6.07, 6.45) is 0.134. The monoisotopic (exact) mass is 277 g/mol. The van der Waals surface area contributed by atoms with Gasteiger partial charge in [0.15, 0.2) is 0 Å². The fraction of sp³-hybridized carbons (Fsp3) is 0.357. The smallest absolute Gasteiger partial charge is 0.339 e. The van der Waals surface area contributed by atoms with Gasteiger partial charge in [0.25, 0.3) is 0 Å². The molecule has 1 aliphatic heterocycles. The maximum absolute atomic E-state index is 12.2. The van der Waals surface area contributed by atoms with Crippen LogP contribution in [0.3, 0.4) is 0 Å². The number of hydrogen-bond donors (Lipinski definition) is 1. The molecule has 0 spiro atoms. The van der Waals surface area contributed by atoms with E-state index in [2.05, 4.69) is 0 Å². The number of ether oxygens (including phenoxy) is 1. The molecule has 0 bridgehead atoms. The number of carbonyl (C=O) groups is 3. The number of methoxy groups -OCH3 is 1. The first-order chi connectivity index (χ1) is 9.27. The lowest BCUT2D eigenvalue weighted by Crippen LogP contribution is -2.33. The number of amides is 2. The Kier molecular flexibility index (Phi) is 3.25. The molecule has 6 heteroatoms. The summed E-state index contributed by atoms with van der Waals surface area (Å²) < 4.78 is 5.00. The topological polar surface area (TPSA) is 83.9 Å². The summed E-state index contributed by atoms with van der Waals surface area (Å²) >= 11 is 0. The third-order valence-electron chi connectivity index (χ3n) is 3.30. The minimum absolute atomic E-state index is 0.0189. The molecule has 1 heterocycles. The number of benzene rings is 1. The zero-order valence-corrected chi connectivity index (χ0v) is 11.5. The maximum Gasteiger partial charge on any atom is 0.339 e. The van der Waals surface area contributed by atoms with Gasteiger partial charge in [0.05, 0.1) is 18.2 Å². The van der Waals surface area contributed by atoms with E-state index in [-0.39, 0.29) is 29.5 Å². The van der Waals surface area contributed by atoms with Gasteiger partial charge in [-0.1, -0.05) is 13.8 Å². The highest BCUT2D eigenvalue weighted by Gasteiger charge is 2.45. The van der Waals surface area contributed by atoms with Gasteiger partial charge < -0.3 is 9.84 Å². The Balaban J connectivity index is 2.47. The average Bonchev–Trinajstić information content (AvgIpc) is 2.57. The summed E-state index contributed by atoms with van der Waals surface area (Å²) in [6.45, 7) is 3.41. The zero-order chi connectivity index (χ0) is 15.1. The number of rotatable bonds is 3. The first-order valence-corrected chi connectivity index (χ1v) is 6.06. The number of aromatic carboxylic acids is 1. The number of anilines is 1. The van der Waals surface area contributed by atoms with E-state index in [0.717, 1.165) is 4.90 Å². The van der Waals surface area contributed by atoms with Crippen molar-refractivity contribution in [3.05, 3.63) is 23.8 Å². The van der Waals surface area contributed by atoms with Crippen molar-refractivity contribution in [1.29, 1.82) is 0 Å². The van der Waals surface area contributed by atoms with Gasteiger partial charge in [0.2, 0.25) is 11.8 Å². The molecule has 0 aromatic heterocycles. The fourth-order valence-corrected chi connectivity index (χ4v) is 2.21. The van der Waals surface area contributed by atoms with Crippen molar-refractivity contribution in [3.8, 4) is 5.75 Å². The third kappa shape index (κ3) is 2.13. The van der Waals surface area contributed by atoms with Crippen LogP contribution in [0.15, 0.2) is 18.2 Å². The molecule has 2 rings (SSSR count). The fourth-order valence-electron chi connectivity index (χ4n) is 2.21. The van der Waals surface area contributed by atoms with E-state index in [1.54, 1.807) is 13.8 Å². The summed E-state index contributed by atoms with van der Waals surface area (Å²) in [5.74, 6) is -1.62. The van der Waals surface area contributed by atoms with Crippen molar-refractivity contribution in [2.75, 3.05) is 12.0 Å². The Hall–Kier alpha value is -2.37. The van der Waals surface area contributed by atoms with Gasteiger partial charge in [0.1, 0.15) is 11.3 Å². The van der Waals surface area contributed by atoms with Crippen LogP contribution in [0.25, 0.3) is 0 Å². The molecule has 6 nitrogen and oxygen atoms in total. The van der Waals surface area contributed by atoms with Gasteiger partial charge >= 0.3 is 5.97 Å². The third-order valence-corrected chi connectivity index (χ3v) is 3.30. The van der Waals surface area contributed by atoms with Crippen molar-refractivity contribution in [1.82, 2.24) is 0 Å². The molecule has 106 valence electrons. The summed E-state index contributed by atoms with van der Waals surface area (Å²) in [5, 5.41) is 9.01. The molecule has 1 aromatic rings. The number of carboxylic acids is 1. The SMILES string of the molecule is COc1cc(N2C(=O)CC(C)(C)C2=O)ccc1C(=O)O. The van der Waals surface area contributed by atoms with Gasteiger partial charge in [-0.15, -0.1) is 0 Å². The highest BCUT2D eigenvalue weighted by Crippen LogP contribution is 2.36. The Morgan fingerprint density at radius 1 is 1.35 bits per heavy atom. The van der Waals surface area contributed by atoms with Crippen LogP contribution in [-0.4, -0.2) is 30.0 Å². The number of hydrogen-bond acceptors (Lipinski definition) is 4. The van der Waals surface area contributed by atoms with Crippen LogP contribution < -0.4 is 9.64 Å². The van der Waals surface area contributed by atoms with Gasteiger partial charge in [-0.25, -0.2) is 9.69 Å². The number of nitrogens with zero attached hydrogens (tertiary/aromatic N) is 1. The van der Waals surface area contributed by atoms with Crippen LogP contribution in [-0.2, 0) is 9.59 Å². The molecule has 1 N–H and O–H groups in total. The lowest BCUT2D eigenvalue weighted by atomic mass is 9.92. The first-order valence-electron chi connectivity index (χ1n) is 6.06. The van der Waals surface area contributed by atoms with Crippen molar-refractivity contribution >= 4 is 23.5 Å². The molecule has 0 saturated carbocycles. The predicted molar refractivity (Wildman–Crippen MR) is 70.8 cm³/mol. The van der Waals surface area contributed by atoms with E-state index in [4.69, 9.17) is 9.84 Å². The Morgan fingerprint density at radius 3 is 2.45 bits per heavy atom. The summed E-state index contributed by atoms with van der Waals surface area (Å²) in [7, 11) is 1.34. The molecule has 0 unspecified atom stereocenters. The predicted octanol–water partition coefficient (Wildman–Crippen LogP) is 1.68. The van der Waals surface area contributed by atoms with E-state index >= 15 is 0 Å². The molecule has 20 heavy (non-hydrogen) atoms. The first kappa shape index (κ1) is 14.0. The minimum atomic E-state index is -1.13. The second-order valence-electron chi connectivity index (χ2n) is 5.28. The zero-order valence-electron chi connectivity index (χ0n) is 11.5. The summed E-state index contributed by atoms with van der Waals surface area (Å²) in [6, 6.07) is 4.15. The van der Waals surface area contributed by atoms with E-state index < -0.39 is 11.4 Å². The number of carboxylic acid groups (broad SMARTS) is 1. The van der Waals surface area contributed by atoms with Crippen molar-refractivity contribution in [2.45, 2.75) is 20.3 Å². The van der Waals surface area contributed by atoms with Gasteiger partial charge in [-0.05, 0) is 12.1 Å². The minimum Gasteiger partial charge on any atom is -0.496 e. The summed E-state index contributed by atoms with van der Waals surface area (Å²) in [4.78, 5) is 36.3. The number of imide groups is 1. The molecular weight excluding hydrogens is 262 g/mol. The largest absolute Gasteiger partial charge is 0.496 e. The van der Waals surface area contributed by atoms with Crippen molar-refractivity contribution < 1.29 is 24.2 Å². The quantitative estimate of drug-likeness (QED) is 0.850. The molecule has 2 amide bonds. The van der Waals surface area contributed by atoms with Crippen molar-refractivity contribution in [3.63, 3.8) is 0 Å². The van der Waals surface area contributed by atoms with Crippen molar-refractivity contribution in [2.24, 2.45) is 5.41 Å². The Morgan fingerprint density at radius 2 is 2.00 bits per heavy atom. The van der Waals surface area contributed by atoms with Crippen LogP contribution in [0.2, 0.25) is 0 Å². The van der Waals surface area contributed by atoms with Gasteiger partial charge in [-0.3, -0.25) is 9.59 Å². The van der Waals surface area contributed by atoms with Crippen LogP contribution >= 0.6 is 0 Å². The Bertz CT molecular complexity index is 606. The molecule has 1 aromatic carbocycles. The summed E-state index contributed by atoms with van der Waals surface area (Å²) in [5.41, 5.74) is -0.433. The van der Waals surface area contributed by atoms with E-state index in [1.807, 2.05) is 0 Å². The van der Waals surface area contributed by atoms with Gasteiger partial charge in [0, 0.05) is 12.5 Å². The highest BCUT2D eigenvalue weighted by atomic mass is 16.5. The maximum atomic E-state index is 12.2. The molecule has 1 saturated heterocycles.